The zero-order chi connectivity index (χ0) is 21.9. The Bertz CT molecular complexity index is 913. The number of carbonyl (C=O) groups excluding carboxylic acids is 1. The fourth-order valence-corrected chi connectivity index (χ4v) is 5.11. The first-order valence-corrected chi connectivity index (χ1v) is 11.1. The molecule has 1 aromatic carbocycles. The number of ether oxygens (including phenoxy) is 1. The van der Waals surface area contributed by atoms with Crippen molar-refractivity contribution >= 4 is 28.2 Å². The Morgan fingerprint density at radius 3 is 2.57 bits per heavy atom. The highest BCUT2D eigenvalue weighted by atomic mass is 32.1. The number of nitrogens with two attached hydrogens (primary N) is 1. The lowest BCUT2D eigenvalue weighted by atomic mass is 9.72. The van der Waals surface area contributed by atoms with Crippen molar-refractivity contribution in [3.8, 4) is 5.75 Å². The van der Waals surface area contributed by atoms with Gasteiger partial charge < -0.3 is 20.9 Å². The molecule has 2 aromatic rings. The highest BCUT2D eigenvalue weighted by Crippen LogP contribution is 2.44. The van der Waals surface area contributed by atoms with E-state index in [1.807, 2.05) is 0 Å². The molecule has 0 radical (unpaired) electrons. The monoisotopic (exact) mass is 430 g/mol. The Hall–Kier alpha value is -2.38. The van der Waals surface area contributed by atoms with E-state index >= 15 is 0 Å². The first-order chi connectivity index (χ1) is 14.2. The van der Waals surface area contributed by atoms with Crippen LogP contribution in [-0.2, 0) is 12.8 Å². The summed E-state index contributed by atoms with van der Waals surface area (Å²) in [5.74, 6) is -0.135. The van der Waals surface area contributed by atoms with E-state index in [0.29, 0.717) is 35.4 Å². The summed E-state index contributed by atoms with van der Waals surface area (Å²) in [6.07, 6.45) is 3.32. The fourth-order valence-electron chi connectivity index (χ4n) is 3.79. The van der Waals surface area contributed by atoms with Crippen LogP contribution in [0.3, 0.4) is 0 Å². The molecule has 6 nitrogen and oxygen atoms in total. The highest BCUT2D eigenvalue weighted by Gasteiger charge is 2.34. The normalized spacial score (nSPS) is 16.1. The fraction of sp³-hybridized carbons (Fsp3) is 0.478. The number of anilines is 1. The van der Waals surface area contributed by atoms with Gasteiger partial charge >= 0.3 is 5.97 Å². The van der Waals surface area contributed by atoms with Crippen LogP contribution >= 0.6 is 11.3 Å². The summed E-state index contributed by atoms with van der Waals surface area (Å²) in [6.45, 7) is 7.76. The summed E-state index contributed by atoms with van der Waals surface area (Å²) in [5, 5.41) is 13.0. The SMILES string of the molecule is CC(C)(C)C1CCc2c(sc(NC(=O)c3ccc(OCCCN)cc3)c2C(=O)O)C1. The van der Waals surface area contributed by atoms with Crippen LogP contribution in [0, 0.1) is 11.3 Å². The summed E-state index contributed by atoms with van der Waals surface area (Å²) in [7, 11) is 0. The van der Waals surface area contributed by atoms with E-state index in [-0.39, 0.29) is 16.9 Å². The second-order valence-electron chi connectivity index (χ2n) is 8.79. The Balaban J connectivity index is 1.77. The van der Waals surface area contributed by atoms with Crippen LogP contribution in [0.25, 0.3) is 0 Å². The molecule has 0 bridgehead atoms. The van der Waals surface area contributed by atoms with E-state index in [9.17, 15) is 14.7 Å². The molecule has 0 saturated carbocycles. The van der Waals surface area contributed by atoms with Gasteiger partial charge in [-0.25, -0.2) is 4.79 Å². The molecule has 162 valence electrons. The van der Waals surface area contributed by atoms with E-state index in [0.717, 1.165) is 36.1 Å². The van der Waals surface area contributed by atoms with E-state index in [1.165, 1.54) is 11.3 Å². The minimum atomic E-state index is -0.985. The lowest BCUT2D eigenvalue weighted by molar-refractivity contribution is 0.0696. The molecule has 1 aliphatic rings. The molecule has 1 unspecified atom stereocenters. The number of thiophene rings is 1. The van der Waals surface area contributed by atoms with Gasteiger partial charge in [0.25, 0.3) is 5.91 Å². The first-order valence-electron chi connectivity index (χ1n) is 10.3. The van der Waals surface area contributed by atoms with Crippen LogP contribution in [0.15, 0.2) is 24.3 Å². The molecule has 4 N–H and O–H groups in total. The van der Waals surface area contributed by atoms with Gasteiger partial charge in [-0.15, -0.1) is 11.3 Å². The number of carboxylic acids is 1. The van der Waals surface area contributed by atoms with E-state index in [2.05, 4.69) is 26.1 Å². The summed E-state index contributed by atoms with van der Waals surface area (Å²) < 4.78 is 5.56. The van der Waals surface area contributed by atoms with Gasteiger partial charge in [-0.2, -0.15) is 0 Å². The van der Waals surface area contributed by atoms with Gasteiger partial charge in [-0.3, -0.25) is 4.79 Å². The number of nitrogens with one attached hydrogen (secondary N) is 1. The van der Waals surface area contributed by atoms with Crippen molar-refractivity contribution in [2.45, 2.75) is 46.5 Å². The number of amides is 1. The number of aromatic carboxylic acids is 1. The highest BCUT2D eigenvalue weighted by molar-refractivity contribution is 7.17. The molecule has 1 aliphatic carbocycles. The molecule has 7 heteroatoms. The van der Waals surface area contributed by atoms with Crippen molar-refractivity contribution in [2.75, 3.05) is 18.5 Å². The van der Waals surface area contributed by atoms with Crippen LogP contribution in [0.2, 0.25) is 0 Å². The predicted molar refractivity (Wildman–Crippen MR) is 120 cm³/mol. The maximum absolute atomic E-state index is 12.7. The van der Waals surface area contributed by atoms with Crippen molar-refractivity contribution < 1.29 is 19.4 Å². The minimum absolute atomic E-state index is 0.169. The molecule has 3 rings (SSSR count). The van der Waals surface area contributed by atoms with Crippen molar-refractivity contribution in [2.24, 2.45) is 17.1 Å². The van der Waals surface area contributed by atoms with Crippen LogP contribution < -0.4 is 15.8 Å². The number of benzene rings is 1. The van der Waals surface area contributed by atoms with Crippen LogP contribution in [0.4, 0.5) is 5.00 Å². The van der Waals surface area contributed by atoms with Gasteiger partial charge in [-0.05, 0) is 73.4 Å². The smallest absolute Gasteiger partial charge is 0.339 e. The van der Waals surface area contributed by atoms with Gasteiger partial charge in [-0.1, -0.05) is 20.8 Å². The second kappa shape index (κ2) is 9.18. The van der Waals surface area contributed by atoms with Gasteiger partial charge in [0.2, 0.25) is 0 Å². The summed E-state index contributed by atoms with van der Waals surface area (Å²) in [5.41, 5.74) is 7.21. The molecule has 30 heavy (non-hydrogen) atoms. The third kappa shape index (κ3) is 5.02. The minimum Gasteiger partial charge on any atom is -0.494 e. The Morgan fingerprint density at radius 2 is 1.97 bits per heavy atom. The lowest BCUT2D eigenvalue weighted by Gasteiger charge is -2.33. The van der Waals surface area contributed by atoms with Crippen LogP contribution in [0.5, 0.6) is 5.75 Å². The maximum atomic E-state index is 12.7. The molecule has 0 fully saturated rings. The van der Waals surface area contributed by atoms with Gasteiger partial charge in [0.15, 0.2) is 0 Å². The topological polar surface area (TPSA) is 102 Å². The zero-order valence-electron chi connectivity index (χ0n) is 17.8. The second-order valence-corrected chi connectivity index (χ2v) is 9.89. The van der Waals surface area contributed by atoms with E-state index in [1.54, 1.807) is 24.3 Å². The lowest BCUT2D eigenvalue weighted by Crippen LogP contribution is -2.26. The average molecular weight is 431 g/mol. The van der Waals surface area contributed by atoms with Crippen molar-refractivity contribution in [1.82, 2.24) is 0 Å². The quantitative estimate of drug-likeness (QED) is 0.558. The molecule has 1 amide bonds. The molecule has 0 aliphatic heterocycles. The Kier molecular flexibility index (Phi) is 6.83. The molecular formula is C23H30N2O4S. The molecule has 1 atom stereocenters. The third-order valence-corrected chi connectivity index (χ3v) is 6.83. The van der Waals surface area contributed by atoms with Crippen molar-refractivity contribution in [3.05, 3.63) is 45.8 Å². The van der Waals surface area contributed by atoms with Crippen LogP contribution in [0.1, 0.15) is 64.8 Å². The first kappa shape index (κ1) is 22.3. The molecule has 1 heterocycles. The Labute approximate surface area is 181 Å². The van der Waals surface area contributed by atoms with Crippen molar-refractivity contribution in [3.63, 3.8) is 0 Å². The third-order valence-electron chi connectivity index (χ3n) is 5.66. The van der Waals surface area contributed by atoms with E-state index in [4.69, 9.17) is 10.5 Å². The summed E-state index contributed by atoms with van der Waals surface area (Å²) in [6, 6.07) is 6.82. The predicted octanol–water partition coefficient (Wildman–Crippen LogP) is 4.58. The summed E-state index contributed by atoms with van der Waals surface area (Å²) in [4.78, 5) is 25.8. The maximum Gasteiger partial charge on any atom is 0.339 e. The van der Waals surface area contributed by atoms with Gasteiger partial charge in [0.1, 0.15) is 10.8 Å². The number of carboxylic acid groups (broad SMARTS) is 1. The van der Waals surface area contributed by atoms with Gasteiger partial charge in [0, 0.05) is 10.4 Å². The molecule has 1 aromatic heterocycles. The van der Waals surface area contributed by atoms with Crippen LogP contribution in [-0.4, -0.2) is 30.1 Å². The van der Waals surface area contributed by atoms with Gasteiger partial charge in [0.05, 0.1) is 12.2 Å². The largest absolute Gasteiger partial charge is 0.494 e. The number of hydrogen-bond donors (Lipinski definition) is 3. The standard InChI is InChI=1S/C23H30N2O4S/c1-23(2,3)15-7-10-17-18(13-15)30-21(19(17)22(27)28)25-20(26)14-5-8-16(9-6-14)29-12-4-11-24/h5-6,8-9,15H,4,7,10-13,24H2,1-3H3,(H,25,26)(H,27,28). The van der Waals surface area contributed by atoms with Crippen molar-refractivity contribution in [1.29, 1.82) is 0 Å². The van der Waals surface area contributed by atoms with E-state index < -0.39 is 5.97 Å². The number of hydrogen-bond acceptors (Lipinski definition) is 5. The number of fused-ring (bicyclic) bond motifs is 1. The number of carbonyl (C=O) groups is 2. The molecule has 0 spiro atoms. The molecular weight excluding hydrogens is 400 g/mol. The molecule has 0 saturated heterocycles. The zero-order valence-corrected chi connectivity index (χ0v) is 18.6. The summed E-state index contributed by atoms with van der Waals surface area (Å²) >= 11 is 1.40. The Morgan fingerprint density at radius 1 is 1.27 bits per heavy atom. The number of rotatable bonds is 7. The average Bonchev–Trinajstić information content (AvgIpc) is 3.05.